The monoisotopic (exact) mass is 359 g/mol. The summed E-state index contributed by atoms with van der Waals surface area (Å²) in [6.45, 7) is 3.59. The highest BCUT2D eigenvalue weighted by atomic mass is 16.5. The van der Waals surface area contributed by atoms with Crippen LogP contribution in [0.25, 0.3) is 0 Å². The van der Waals surface area contributed by atoms with Crippen molar-refractivity contribution in [3.8, 4) is 17.2 Å². The second-order valence-electron chi connectivity index (χ2n) is 5.34. The lowest BCUT2D eigenvalue weighted by atomic mass is 10.2. The van der Waals surface area contributed by atoms with Crippen molar-refractivity contribution in [3.05, 3.63) is 48.5 Å². The van der Waals surface area contributed by atoms with Crippen LogP contribution in [0.15, 0.2) is 48.5 Å². The summed E-state index contributed by atoms with van der Waals surface area (Å²) in [6, 6.07) is 13.5. The minimum atomic E-state index is -1.05. The quantitative estimate of drug-likeness (QED) is 0.715. The van der Waals surface area contributed by atoms with Gasteiger partial charge in [0.1, 0.15) is 5.75 Å². The van der Waals surface area contributed by atoms with E-state index in [2.05, 4.69) is 5.32 Å². The topological polar surface area (TPSA) is 94.1 Å². The molecule has 1 amide bonds. The molecular formula is C19H21NO6. The highest BCUT2D eigenvalue weighted by Crippen LogP contribution is 2.27. The molecule has 138 valence electrons. The molecule has 0 radical (unpaired) electrons. The van der Waals surface area contributed by atoms with Gasteiger partial charge in [-0.05, 0) is 50.2 Å². The van der Waals surface area contributed by atoms with Crippen molar-refractivity contribution in [3.63, 3.8) is 0 Å². The van der Waals surface area contributed by atoms with Crippen molar-refractivity contribution in [2.45, 2.75) is 20.0 Å². The molecule has 7 nitrogen and oxygen atoms in total. The first-order chi connectivity index (χ1) is 12.5. The second-order valence-corrected chi connectivity index (χ2v) is 5.34. The smallest absolute Gasteiger partial charge is 0.341 e. The van der Waals surface area contributed by atoms with Crippen LogP contribution in [0.3, 0.4) is 0 Å². The molecule has 0 heterocycles. The predicted molar refractivity (Wildman–Crippen MR) is 95.9 cm³/mol. The molecule has 0 aliphatic carbocycles. The number of hydrogen-bond donors (Lipinski definition) is 2. The van der Waals surface area contributed by atoms with Gasteiger partial charge in [0, 0.05) is 5.69 Å². The number of aliphatic carboxylic acids is 1. The van der Waals surface area contributed by atoms with Crippen LogP contribution >= 0.6 is 0 Å². The first kappa shape index (κ1) is 19.1. The van der Waals surface area contributed by atoms with E-state index in [1.807, 2.05) is 13.0 Å². The van der Waals surface area contributed by atoms with Gasteiger partial charge in [0.2, 0.25) is 0 Å². The average molecular weight is 359 g/mol. The number of hydrogen-bond acceptors (Lipinski definition) is 5. The summed E-state index contributed by atoms with van der Waals surface area (Å²) >= 11 is 0. The molecule has 0 spiro atoms. The van der Waals surface area contributed by atoms with Crippen LogP contribution in [0.4, 0.5) is 5.69 Å². The zero-order chi connectivity index (χ0) is 18.9. The number of carbonyl (C=O) groups is 2. The van der Waals surface area contributed by atoms with Crippen LogP contribution in [-0.2, 0) is 9.59 Å². The van der Waals surface area contributed by atoms with Crippen LogP contribution in [0.5, 0.6) is 17.2 Å². The molecule has 1 unspecified atom stereocenters. The third-order valence-corrected chi connectivity index (χ3v) is 3.31. The van der Waals surface area contributed by atoms with Gasteiger partial charge in [0.25, 0.3) is 5.91 Å². The number of carboxylic acid groups (broad SMARTS) is 1. The van der Waals surface area contributed by atoms with Crippen molar-refractivity contribution in [2.75, 3.05) is 18.5 Å². The standard InChI is InChI=1S/C19H21NO6/c1-3-24-16-6-4-5-7-17(16)26-13(2)19(23)20-14-8-10-15(11-9-14)25-12-18(21)22/h4-11,13H,3,12H2,1-2H3,(H,20,23)(H,21,22). The van der Waals surface area contributed by atoms with Crippen molar-refractivity contribution in [2.24, 2.45) is 0 Å². The van der Waals surface area contributed by atoms with Crippen LogP contribution < -0.4 is 19.5 Å². The third-order valence-electron chi connectivity index (χ3n) is 3.31. The summed E-state index contributed by atoms with van der Waals surface area (Å²) in [4.78, 5) is 22.8. The minimum Gasteiger partial charge on any atom is -0.490 e. The molecule has 7 heteroatoms. The van der Waals surface area contributed by atoms with Gasteiger partial charge >= 0.3 is 5.97 Å². The van der Waals surface area contributed by atoms with E-state index < -0.39 is 18.7 Å². The molecule has 0 saturated heterocycles. The van der Waals surface area contributed by atoms with E-state index in [0.29, 0.717) is 29.5 Å². The zero-order valence-electron chi connectivity index (χ0n) is 14.6. The number of anilines is 1. The fourth-order valence-electron chi connectivity index (χ4n) is 2.09. The first-order valence-electron chi connectivity index (χ1n) is 8.13. The summed E-state index contributed by atoms with van der Waals surface area (Å²) in [5.41, 5.74) is 0.547. The summed E-state index contributed by atoms with van der Waals surface area (Å²) in [6.07, 6.45) is -0.737. The van der Waals surface area contributed by atoms with Crippen LogP contribution in [0, 0.1) is 0 Å². The minimum absolute atomic E-state index is 0.324. The van der Waals surface area contributed by atoms with E-state index in [-0.39, 0.29) is 5.91 Å². The Morgan fingerprint density at radius 2 is 1.69 bits per heavy atom. The molecule has 26 heavy (non-hydrogen) atoms. The van der Waals surface area contributed by atoms with Crippen molar-refractivity contribution in [1.29, 1.82) is 0 Å². The van der Waals surface area contributed by atoms with E-state index >= 15 is 0 Å². The average Bonchev–Trinajstić information content (AvgIpc) is 2.63. The maximum Gasteiger partial charge on any atom is 0.341 e. The van der Waals surface area contributed by atoms with Crippen LogP contribution in [-0.4, -0.2) is 36.3 Å². The first-order valence-corrected chi connectivity index (χ1v) is 8.13. The number of carbonyl (C=O) groups excluding carboxylic acids is 1. The van der Waals surface area contributed by atoms with E-state index in [1.54, 1.807) is 49.4 Å². The molecule has 2 rings (SSSR count). The van der Waals surface area contributed by atoms with E-state index in [4.69, 9.17) is 19.3 Å². The molecule has 0 bridgehead atoms. The number of benzene rings is 2. The zero-order valence-corrected chi connectivity index (χ0v) is 14.6. The van der Waals surface area contributed by atoms with Crippen LogP contribution in [0.2, 0.25) is 0 Å². The molecule has 0 aromatic heterocycles. The van der Waals surface area contributed by atoms with Crippen molar-refractivity contribution in [1.82, 2.24) is 0 Å². The molecule has 2 N–H and O–H groups in total. The van der Waals surface area contributed by atoms with E-state index in [0.717, 1.165) is 0 Å². The summed E-state index contributed by atoms with van der Waals surface area (Å²) in [5, 5.41) is 11.3. The SMILES string of the molecule is CCOc1ccccc1OC(C)C(=O)Nc1ccc(OCC(=O)O)cc1. The lowest BCUT2D eigenvalue weighted by Crippen LogP contribution is -2.30. The Bertz CT molecular complexity index is 744. The molecule has 2 aromatic rings. The number of rotatable bonds is 9. The van der Waals surface area contributed by atoms with Gasteiger partial charge < -0.3 is 24.6 Å². The number of para-hydroxylation sites is 2. The Balaban J connectivity index is 1.93. The summed E-state index contributed by atoms with van der Waals surface area (Å²) in [7, 11) is 0. The maximum atomic E-state index is 12.3. The molecule has 2 aromatic carbocycles. The Kier molecular flexibility index (Phi) is 6.84. The normalized spacial score (nSPS) is 11.3. The Labute approximate surface area is 151 Å². The van der Waals surface area contributed by atoms with Crippen molar-refractivity contribution < 1.29 is 28.9 Å². The third kappa shape index (κ3) is 5.70. The predicted octanol–water partition coefficient (Wildman–Crippen LogP) is 2.95. The van der Waals surface area contributed by atoms with Gasteiger partial charge in [-0.1, -0.05) is 12.1 Å². The highest BCUT2D eigenvalue weighted by molar-refractivity contribution is 5.94. The lowest BCUT2D eigenvalue weighted by Gasteiger charge is -2.17. The summed E-state index contributed by atoms with van der Waals surface area (Å²) < 4.78 is 16.2. The van der Waals surface area contributed by atoms with Gasteiger partial charge in [0.15, 0.2) is 24.2 Å². The molecule has 0 aliphatic heterocycles. The number of amides is 1. The van der Waals surface area contributed by atoms with Gasteiger partial charge in [-0.25, -0.2) is 4.79 Å². The van der Waals surface area contributed by atoms with E-state index in [9.17, 15) is 9.59 Å². The molecule has 1 atom stereocenters. The highest BCUT2D eigenvalue weighted by Gasteiger charge is 2.17. The Morgan fingerprint density at radius 1 is 1.04 bits per heavy atom. The van der Waals surface area contributed by atoms with Crippen molar-refractivity contribution >= 4 is 17.6 Å². The Morgan fingerprint density at radius 3 is 2.31 bits per heavy atom. The van der Waals surface area contributed by atoms with Gasteiger partial charge in [-0.2, -0.15) is 0 Å². The maximum absolute atomic E-state index is 12.3. The number of nitrogens with one attached hydrogen (secondary N) is 1. The van der Waals surface area contributed by atoms with Gasteiger partial charge in [-0.3, -0.25) is 4.79 Å². The van der Waals surface area contributed by atoms with Gasteiger partial charge in [-0.15, -0.1) is 0 Å². The molecule has 0 fully saturated rings. The fraction of sp³-hybridized carbons (Fsp3) is 0.263. The number of carboxylic acids is 1. The largest absolute Gasteiger partial charge is 0.490 e. The second kappa shape index (κ2) is 9.31. The summed E-state index contributed by atoms with van der Waals surface area (Å²) in [5.74, 6) is 0.0977. The Hall–Kier alpha value is -3.22. The molecule has 0 aliphatic rings. The molecular weight excluding hydrogens is 338 g/mol. The number of ether oxygens (including phenoxy) is 3. The van der Waals surface area contributed by atoms with Gasteiger partial charge in [0.05, 0.1) is 6.61 Å². The van der Waals surface area contributed by atoms with Crippen LogP contribution in [0.1, 0.15) is 13.8 Å². The lowest BCUT2D eigenvalue weighted by molar-refractivity contribution is -0.139. The molecule has 0 saturated carbocycles. The van der Waals surface area contributed by atoms with E-state index in [1.165, 1.54) is 0 Å². The fourth-order valence-corrected chi connectivity index (χ4v) is 2.09.